The minimum atomic E-state index is -4.82. The van der Waals surface area contributed by atoms with Gasteiger partial charge in [-0.3, -0.25) is 4.90 Å². The van der Waals surface area contributed by atoms with E-state index in [4.69, 9.17) is 4.74 Å². The van der Waals surface area contributed by atoms with E-state index in [1.54, 1.807) is 6.92 Å². The molecule has 1 atom stereocenters. The van der Waals surface area contributed by atoms with E-state index >= 15 is 0 Å². The maximum absolute atomic E-state index is 14.2. The van der Waals surface area contributed by atoms with Crippen molar-refractivity contribution in [2.75, 3.05) is 35.3 Å². The van der Waals surface area contributed by atoms with E-state index in [-0.39, 0.29) is 47.8 Å². The van der Waals surface area contributed by atoms with Crippen molar-refractivity contribution < 1.29 is 35.9 Å². The van der Waals surface area contributed by atoms with E-state index in [0.29, 0.717) is 11.8 Å². The molecule has 2 N–H and O–H groups in total. The van der Waals surface area contributed by atoms with Crippen LogP contribution >= 0.6 is 0 Å². The van der Waals surface area contributed by atoms with Crippen LogP contribution in [0.3, 0.4) is 0 Å². The molecule has 0 radical (unpaired) electrons. The molecule has 192 valence electrons. The lowest BCUT2D eigenvalue weighted by Gasteiger charge is -2.28. The number of alkyl halides is 6. The van der Waals surface area contributed by atoms with Crippen molar-refractivity contribution in [3.8, 4) is 0 Å². The Morgan fingerprint density at radius 1 is 1.17 bits per heavy atom. The summed E-state index contributed by atoms with van der Waals surface area (Å²) < 4.78 is 89.0. The molecule has 15 heteroatoms. The van der Waals surface area contributed by atoms with Crippen LogP contribution in [0.1, 0.15) is 24.0 Å². The van der Waals surface area contributed by atoms with Gasteiger partial charge in [-0.1, -0.05) is 0 Å². The van der Waals surface area contributed by atoms with Gasteiger partial charge in [-0.2, -0.15) is 31.4 Å². The van der Waals surface area contributed by atoms with Gasteiger partial charge in [-0.05, 0) is 19.9 Å². The third kappa shape index (κ3) is 3.96. The van der Waals surface area contributed by atoms with Crippen molar-refractivity contribution in [3.05, 3.63) is 41.5 Å². The van der Waals surface area contributed by atoms with Crippen LogP contribution in [0.15, 0.2) is 24.4 Å². The Balaban J connectivity index is 1.52. The monoisotopic (exact) mass is 515 g/mol. The molecule has 5 rings (SSSR count). The van der Waals surface area contributed by atoms with Crippen LogP contribution in [0.5, 0.6) is 0 Å². The summed E-state index contributed by atoms with van der Waals surface area (Å²) in [4.78, 5) is 21.6. The molecule has 0 unspecified atom stereocenters. The van der Waals surface area contributed by atoms with Crippen molar-refractivity contribution in [2.24, 2.45) is 0 Å². The lowest BCUT2D eigenvalue weighted by atomic mass is 9.88. The number of carbonyl (C=O) groups excluding carboxylic acids is 1. The average Bonchev–Trinajstić information content (AvgIpc) is 3.27. The van der Waals surface area contributed by atoms with Gasteiger partial charge in [-0.15, -0.1) is 0 Å². The number of amides is 2. The lowest BCUT2D eigenvalue weighted by molar-refractivity contribution is -0.181. The number of carbonyl (C=O) groups is 1. The second-order valence-electron chi connectivity index (χ2n) is 8.90. The third-order valence-electron chi connectivity index (χ3n) is 6.10. The minimum absolute atomic E-state index is 0.155. The summed E-state index contributed by atoms with van der Waals surface area (Å²) in [6, 6.07) is 1.96. The molecule has 36 heavy (non-hydrogen) atoms. The first-order valence-corrected chi connectivity index (χ1v) is 10.7. The van der Waals surface area contributed by atoms with Gasteiger partial charge >= 0.3 is 18.4 Å². The average molecular weight is 515 g/mol. The molecule has 9 nitrogen and oxygen atoms in total. The first-order valence-electron chi connectivity index (χ1n) is 10.7. The molecule has 2 amide bonds. The van der Waals surface area contributed by atoms with Gasteiger partial charge < -0.3 is 15.4 Å². The lowest BCUT2D eigenvalue weighted by Crippen LogP contribution is -2.46. The van der Waals surface area contributed by atoms with Crippen molar-refractivity contribution in [2.45, 2.75) is 37.7 Å². The maximum Gasteiger partial charge on any atom is 0.433 e. The molecular weight excluding hydrogens is 496 g/mol. The maximum atomic E-state index is 14.2. The van der Waals surface area contributed by atoms with Gasteiger partial charge in [0.2, 0.25) is 0 Å². The quantitative estimate of drug-likeness (QED) is 0.510. The molecule has 1 fully saturated rings. The number of fused-ring (bicyclic) bond motifs is 3. The van der Waals surface area contributed by atoms with Gasteiger partial charge in [0, 0.05) is 24.4 Å². The van der Waals surface area contributed by atoms with Crippen molar-refractivity contribution in [1.82, 2.24) is 19.6 Å². The van der Waals surface area contributed by atoms with E-state index in [1.165, 1.54) is 12.1 Å². The highest BCUT2D eigenvalue weighted by Crippen LogP contribution is 2.50. The van der Waals surface area contributed by atoms with Crippen LogP contribution < -0.4 is 15.5 Å². The Kier molecular flexibility index (Phi) is 5.32. The number of anilines is 3. The highest BCUT2D eigenvalue weighted by Gasteiger charge is 2.60. The van der Waals surface area contributed by atoms with Gasteiger partial charge in [0.15, 0.2) is 5.65 Å². The smallest absolute Gasteiger partial charge is 0.377 e. The standard InChI is InChI=1S/C21H19F6N7O2/c1-10-3-16-28-6-13-17(34(16)32-10)19(2,21(25,26)27)9-33(13)18(35)30-11-4-14(20(22,23)24)31-15(5-11)29-12-7-36-8-12/h3-6,12H,7-9H2,1-2H3,(H2,29,30,31,35)/t19-/m1/s1. The summed E-state index contributed by atoms with van der Waals surface area (Å²) in [6.07, 6.45) is -8.47. The van der Waals surface area contributed by atoms with Crippen LogP contribution in [0.4, 0.5) is 48.3 Å². The van der Waals surface area contributed by atoms with Gasteiger partial charge in [0.25, 0.3) is 0 Å². The number of ether oxygens (including phenoxy) is 1. The number of aromatic nitrogens is 4. The summed E-state index contributed by atoms with van der Waals surface area (Å²) in [6.45, 7) is 2.25. The Bertz CT molecular complexity index is 1350. The molecule has 5 heterocycles. The Labute approximate surface area is 199 Å². The fraction of sp³-hybridized carbons (Fsp3) is 0.429. The number of halogens is 6. The van der Waals surface area contributed by atoms with Gasteiger partial charge in [0.05, 0.1) is 42.5 Å². The summed E-state index contributed by atoms with van der Waals surface area (Å²) in [5.41, 5.74) is -3.93. The minimum Gasteiger partial charge on any atom is -0.377 e. The van der Waals surface area contributed by atoms with Crippen molar-refractivity contribution in [1.29, 1.82) is 0 Å². The number of nitrogens with zero attached hydrogens (tertiary/aromatic N) is 5. The summed E-state index contributed by atoms with van der Waals surface area (Å²) in [5, 5.41) is 9.16. The van der Waals surface area contributed by atoms with E-state index in [0.717, 1.165) is 22.5 Å². The van der Waals surface area contributed by atoms with Gasteiger partial charge in [-0.25, -0.2) is 19.3 Å². The zero-order valence-corrected chi connectivity index (χ0v) is 18.8. The summed E-state index contributed by atoms with van der Waals surface area (Å²) >= 11 is 0. The van der Waals surface area contributed by atoms with Crippen LogP contribution in [0.25, 0.3) is 5.65 Å². The molecule has 0 spiro atoms. The highest BCUT2D eigenvalue weighted by atomic mass is 19.4. The van der Waals surface area contributed by atoms with E-state index in [2.05, 4.69) is 25.7 Å². The fourth-order valence-electron chi connectivity index (χ4n) is 4.18. The number of rotatable bonds is 3. The van der Waals surface area contributed by atoms with Crippen molar-refractivity contribution >= 4 is 28.9 Å². The molecule has 3 aromatic heterocycles. The molecule has 3 aromatic rings. The number of hydrogen-bond donors (Lipinski definition) is 2. The van der Waals surface area contributed by atoms with Crippen LogP contribution in [-0.4, -0.2) is 57.6 Å². The zero-order valence-electron chi connectivity index (χ0n) is 18.8. The normalized spacial score (nSPS) is 20.4. The topological polar surface area (TPSA) is 96.7 Å². The fourth-order valence-corrected chi connectivity index (χ4v) is 4.18. The number of nitrogens with one attached hydrogen (secondary N) is 2. The van der Waals surface area contributed by atoms with E-state index in [1.807, 2.05) is 0 Å². The van der Waals surface area contributed by atoms with E-state index < -0.39 is 36.0 Å². The Hall–Kier alpha value is -3.62. The Morgan fingerprint density at radius 2 is 1.89 bits per heavy atom. The second kappa shape index (κ2) is 7.94. The molecular formula is C21H19F6N7O2. The predicted molar refractivity (Wildman–Crippen MR) is 115 cm³/mol. The van der Waals surface area contributed by atoms with Crippen molar-refractivity contribution in [3.63, 3.8) is 0 Å². The molecule has 0 aromatic carbocycles. The Morgan fingerprint density at radius 3 is 2.50 bits per heavy atom. The predicted octanol–water partition coefficient (Wildman–Crippen LogP) is 4.13. The highest BCUT2D eigenvalue weighted by molar-refractivity contribution is 6.03. The molecule has 0 saturated carbocycles. The first kappa shape index (κ1) is 24.1. The molecule has 2 aliphatic rings. The number of pyridine rings is 1. The third-order valence-corrected chi connectivity index (χ3v) is 6.10. The van der Waals surface area contributed by atoms with Crippen LogP contribution in [-0.2, 0) is 16.3 Å². The number of aryl methyl sites for hydroxylation is 1. The number of urea groups is 1. The van der Waals surface area contributed by atoms with Crippen LogP contribution in [0.2, 0.25) is 0 Å². The van der Waals surface area contributed by atoms with Gasteiger partial charge in [0.1, 0.15) is 16.9 Å². The van der Waals surface area contributed by atoms with E-state index in [9.17, 15) is 31.1 Å². The van der Waals surface area contributed by atoms with Crippen LogP contribution in [0, 0.1) is 6.92 Å². The second-order valence-corrected chi connectivity index (χ2v) is 8.90. The largest absolute Gasteiger partial charge is 0.433 e. The SMILES string of the molecule is Cc1cc2ncc3c(n2n1)[C@](C)(C(F)(F)F)CN3C(=O)Nc1cc(NC2COC2)nc(C(F)(F)F)c1. The molecule has 1 saturated heterocycles. The zero-order chi connectivity index (χ0) is 26.0. The number of hydrogen-bond acceptors (Lipinski definition) is 6. The first-order chi connectivity index (χ1) is 16.8. The summed E-state index contributed by atoms with van der Waals surface area (Å²) in [5.74, 6) is -0.161. The molecule has 0 aliphatic carbocycles. The molecule has 2 aliphatic heterocycles. The molecule has 0 bridgehead atoms. The summed E-state index contributed by atoms with van der Waals surface area (Å²) in [7, 11) is 0.